The minimum atomic E-state index is -1.08. The summed E-state index contributed by atoms with van der Waals surface area (Å²) in [4.78, 5) is 22.9. The normalized spacial score (nSPS) is 11.8. The summed E-state index contributed by atoms with van der Waals surface area (Å²) in [6.45, 7) is 1.68. The highest BCUT2D eigenvalue weighted by atomic mass is 127. The molecule has 0 aliphatic heterocycles. The Bertz CT molecular complexity index is 507. The van der Waals surface area contributed by atoms with Crippen LogP contribution in [0.5, 0.6) is 5.75 Å². The highest BCUT2D eigenvalue weighted by Gasteiger charge is 2.21. The molecule has 0 bridgehead atoms. The first-order valence-electron chi connectivity index (χ1n) is 5.47. The van der Waals surface area contributed by atoms with Crippen LogP contribution >= 0.6 is 34.2 Å². The smallest absolute Gasteiger partial charge is 0.326 e. The molecule has 1 atom stereocenters. The van der Waals surface area contributed by atoms with Crippen molar-refractivity contribution in [1.82, 2.24) is 5.32 Å². The first-order valence-corrected chi connectivity index (χ1v) is 6.93. The number of benzene rings is 1. The van der Waals surface area contributed by atoms with Gasteiger partial charge in [-0.2, -0.15) is 0 Å². The fourth-order valence-electron chi connectivity index (χ4n) is 1.45. The number of nitrogens with one attached hydrogen (secondary N) is 1. The van der Waals surface area contributed by atoms with Crippen LogP contribution < -0.4 is 10.1 Å². The van der Waals surface area contributed by atoms with E-state index in [1.807, 2.05) is 22.6 Å². The van der Waals surface area contributed by atoms with Crippen molar-refractivity contribution in [2.45, 2.75) is 19.4 Å². The average molecular weight is 398 g/mol. The fraction of sp³-hybridized carbons (Fsp3) is 0.333. The Morgan fingerprint density at radius 3 is 2.63 bits per heavy atom. The summed E-state index contributed by atoms with van der Waals surface area (Å²) in [6, 6.07) is 2.15. The molecule has 19 heavy (non-hydrogen) atoms. The maximum atomic E-state index is 12.0. The molecule has 7 heteroatoms. The second kappa shape index (κ2) is 6.95. The molecule has 0 radical (unpaired) electrons. The van der Waals surface area contributed by atoms with Gasteiger partial charge in [0, 0.05) is 3.57 Å². The van der Waals surface area contributed by atoms with Gasteiger partial charge in [0.25, 0.3) is 5.91 Å². The Labute approximate surface area is 129 Å². The lowest BCUT2D eigenvalue weighted by Crippen LogP contribution is -2.40. The second-order valence-corrected chi connectivity index (χ2v) is 5.31. The van der Waals surface area contributed by atoms with E-state index in [2.05, 4.69) is 5.32 Å². The zero-order valence-electron chi connectivity index (χ0n) is 10.4. The number of carboxylic acid groups (broad SMARTS) is 1. The summed E-state index contributed by atoms with van der Waals surface area (Å²) in [5.74, 6) is -1.25. The van der Waals surface area contributed by atoms with Crippen molar-refractivity contribution in [2.24, 2.45) is 0 Å². The van der Waals surface area contributed by atoms with Crippen molar-refractivity contribution < 1.29 is 19.4 Å². The lowest BCUT2D eigenvalue weighted by Gasteiger charge is -2.14. The molecular weight excluding hydrogens is 384 g/mol. The number of carboxylic acids is 1. The Morgan fingerprint density at radius 1 is 1.53 bits per heavy atom. The molecule has 1 aromatic carbocycles. The molecule has 0 spiro atoms. The van der Waals surface area contributed by atoms with Crippen molar-refractivity contribution in [3.05, 3.63) is 26.3 Å². The largest absolute Gasteiger partial charge is 0.496 e. The number of hydrogen-bond acceptors (Lipinski definition) is 3. The van der Waals surface area contributed by atoms with Crippen LogP contribution in [-0.2, 0) is 4.79 Å². The quantitative estimate of drug-likeness (QED) is 0.749. The monoisotopic (exact) mass is 397 g/mol. The third kappa shape index (κ3) is 3.97. The molecular formula is C12H13ClINO4. The zero-order chi connectivity index (χ0) is 14.6. The molecule has 2 N–H and O–H groups in total. The van der Waals surface area contributed by atoms with Crippen LogP contribution in [0.1, 0.15) is 23.7 Å². The van der Waals surface area contributed by atoms with Crippen LogP contribution in [0.3, 0.4) is 0 Å². The molecule has 104 valence electrons. The Morgan fingerprint density at radius 2 is 2.16 bits per heavy atom. The highest BCUT2D eigenvalue weighted by molar-refractivity contribution is 14.1. The van der Waals surface area contributed by atoms with E-state index in [0.29, 0.717) is 17.2 Å². The summed E-state index contributed by atoms with van der Waals surface area (Å²) >= 11 is 7.98. The third-order valence-electron chi connectivity index (χ3n) is 2.50. The van der Waals surface area contributed by atoms with Crippen LogP contribution in [0.15, 0.2) is 12.1 Å². The number of rotatable bonds is 5. The van der Waals surface area contributed by atoms with Crippen LogP contribution in [-0.4, -0.2) is 30.1 Å². The number of ether oxygens (including phenoxy) is 1. The third-order valence-corrected chi connectivity index (χ3v) is 4.02. The van der Waals surface area contributed by atoms with Crippen molar-refractivity contribution >= 4 is 46.1 Å². The average Bonchev–Trinajstić information content (AvgIpc) is 2.37. The molecule has 0 aliphatic rings. The van der Waals surface area contributed by atoms with E-state index in [-0.39, 0.29) is 5.56 Å². The van der Waals surface area contributed by atoms with Gasteiger partial charge in [-0.1, -0.05) is 18.5 Å². The number of hydrogen-bond donors (Lipinski definition) is 2. The number of aliphatic carboxylic acids is 1. The first-order chi connectivity index (χ1) is 8.90. The summed E-state index contributed by atoms with van der Waals surface area (Å²) < 4.78 is 5.85. The van der Waals surface area contributed by atoms with Gasteiger partial charge in [0.05, 0.1) is 17.7 Å². The minimum Gasteiger partial charge on any atom is -0.496 e. The number of methoxy groups -OCH3 is 1. The lowest BCUT2D eigenvalue weighted by molar-refractivity contribution is -0.139. The Balaban J connectivity index is 3.05. The van der Waals surface area contributed by atoms with Gasteiger partial charge in [0.1, 0.15) is 11.8 Å². The molecule has 0 aromatic heterocycles. The molecule has 1 rings (SSSR count). The Kier molecular flexibility index (Phi) is 5.86. The first kappa shape index (κ1) is 16.0. The van der Waals surface area contributed by atoms with Crippen molar-refractivity contribution in [2.75, 3.05) is 7.11 Å². The van der Waals surface area contributed by atoms with E-state index in [1.165, 1.54) is 13.2 Å². The predicted octanol–water partition coefficient (Wildman–Crippen LogP) is 2.55. The predicted molar refractivity (Wildman–Crippen MR) is 79.9 cm³/mol. The summed E-state index contributed by atoms with van der Waals surface area (Å²) in [5, 5.41) is 11.8. The van der Waals surface area contributed by atoms with E-state index < -0.39 is 17.9 Å². The molecule has 1 amide bonds. The fourth-order valence-corrected chi connectivity index (χ4v) is 2.05. The van der Waals surface area contributed by atoms with Crippen LogP contribution in [0.25, 0.3) is 0 Å². The van der Waals surface area contributed by atoms with Gasteiger partial charge in [-0.3, -0.25) is 4.79 Å². The van der Waals surface area contributed by atoms with Gasteiger partial charge in [-0.15, -0.1) is 0 Å². The summed E-state index contributed by atoms with van der Waals surface area (Å²) in [6.07, 6.45) is 0.293. The molecule has 0 saturated carbocycles. The van der Waals surface area contributed by atoms with Gasteiger partial charge in [0.2, 0.25) is 0 Å². The SMILES string of the molecule is CC[C@@H](NC(=O)c1cc(Cl)c(I)cc1OC)C(=O)O. The lowest BCUT2D eigenvalue weighted by atomic mass is 10.1. The number of halogens is 2. The van der Waals surface area contributed by atoms with Crippen LogP contribution in [0.2, 0.25) is 5.02 Å². The summed E-state index contributed by atoms with van der Waals surface area (Å²) in [5.41, 5.74) is 0.215. The second-order valence-electron chi connectivity index (χ2n) is 3.74. The number of carbonyl (C=O) groups is 2. The van der Waals surface area contributed by atoms with Crippen molar-refractivity contribution in [3.8, 4) is 5.75 Å². The van der Waals surface area contributed by atoms with Crippen molar-refractivity contribution in [3.63, 3.8) is 0 Å². The van der Waals surface area contributed by atoms with E-state index in [4.69, 9.17) is 21.4 Å². The van der Waals surface area contributed by atoms with Gasteiger partial charge in [-0.25, -0.2) is 4.79 Å². The molecule has 0 unspecified atom stereocenters. The maximum absolute atomic E-state index is 12.0. The molecule has 0 heterocycles. The van der Waals surface area contributed by atoms with E-state index in [0.717, 1.165) is 3.57 Å². The molecule has 0 saturated heterocycles. The van der Waals surface area contributed by atoms with E-state index >= 15 is 0 Å². The molecule has 1 aromatic rings. The van der Waals surface area contributed by atoms with Gasteiger partial charge in [-0.05, 0) is 41.1 Å². The minimum absolute atomic E-state index is 0.215. The number of carbonyl (C=O) groups excluding carboxylic acids is 1. The molecule has 0 aliphatic carbocycles. The van der Waals surface area contributed by atoms with Gasteiger partial charge in [0.15, 0.2) is 0 Å². The van der Waals surface area contributed by atoms with Crippen LogP contribution in [0, 0.1) is 3.57 Å². The van der Waals surface area contributed by atoms with Crippen molar-refractivity contribution in [1.29, 1.82) is 0 Å². The Hall–Kier alpha value is -1.02. The highest BCUT2D eigenvalue weighted by Crippen LogP contribution is 2.28. The van der Waals surface area contributed by atoms with E-state index in [1.54, 1.807) is 13.0 Å². The molecule has 5 nitrogen and oxygen atoms in total. The van der Waals surface area contributed by atoms with Gasteiger partial charge >= 0.3 is 5.97 Å². The van der Waals surface area contributed by atoms with Gasteiger partial charge < -0.3 is 15.2 Å². The molecule has 0 fully saturated rings. The number of amides is 1. The van der Waals surface area contributed by atoms with Crippen LogP contribution in [0.4, 0.5) is 0 Å². The standard InChI is InChI=1S/C12H13ClINO4/c1-3-9(12(17)18)15-11(16)6-4-7(13)8(14)5-10(6)19-2/h4-5,9H,3H2,1-2H3,(H,15,16)(H,17,18)/t9-/m1/s1. The summed E-state index contributed by atoms with van der Waals surface area (Å²) in [7, 11) is 1.44. The maximum Gasteiger partial charge on any atom is 0.326 e. The zero-order valence-corrected chi connectivity index (χ0v) is 13.3. The topological polar surface area (TPSA) is 75.6 Å². The van der Waals surface area contributed by atoms with E-state index in [9.17, 15) is 9.59 Å².